The zero-order valence-corrected chi connectivity index (χ0v) is 19.5. The summed E-state index contributed by atoms with van der Waals surface area (Å²) in [5, 5.41) is 11.7. The molecule has 0 unspecified atom stereocenters. The Morgan fingerprint density at radius 3 is 2.85 bits per heavy atom. The maximum atomic E-state index is 12.9. The van der Waals surface area contributed by atoms with Gasteiger partial charge in [0.25, 0.3) is 5.91 Å². The first-order chi connectivity index (χ1) is 16.7. The molecule has 1 aromatic carbocycles. The smallest absolute Gasteiger partial charge is 0.253 e. The Kier molecular flexibility index (Phi) is 6.87. The standard InChI is InChI=1S/C25H26ClN5O3/c26-21-12-18(5-6-23(21)34-16-17-3-4-17)22-13-20(15-29-30-22)25(32)28-14-19-2-1-7-27-24(19)31-8-10-33-11-9-31/h1-2,5-7,12-13,15,17H,3-4,8-11,14,16H2,(H,28,32). The fourth-order valence-electron chi connectivity index (χ4n) is 3.81. The number of hydrogen-bond acceptors (Lipinski definition) is 7. The number of nitrogens with zero attached hydrogens (tertiary/aromatic N) is 4. The molecule has 34 heavy (non-hydrogen) atoms. The number of morpholine rings is 1. The van der Waals surface area contributed by atoms with Crippen LogP contribution in [0.25, 0.3) is 11.3 Å². The lowest BCUT2D eigenvalue weighted by molar-refractivity contribution is 0.0950. The molecule has 176 valence electrons. The molecule has 1 aliphatic carbocycles. The quantitative estimate of drug-likeness (QED) is 0.526. The maximum absolute atomic E-state index is 12.9. The van der Waals surface area contributed by atoms with Crippen molar-refractivity contribution in [1.29, 1.82) is 0 Å². The van der Waals surface area contributed by atoms with E-state index >= 15 is 0 Å². The van der Waals surface area contributed by atoms with Crippen molar-refractivity contribution < 1.29 is 14.3 Å². The van der Waals surface area contributed by atoms with Crippen LogP contribution >= 0.6 is 11.6 Å². The first kappa shape index (κ1) is 22.6. The Bertz CT molecular complexity index is 1160. The molecule has 0 bridgehead atoms. The summed E-state index contributed by atoms with van der Waals surface area (Å²) >= 11 is 6.41. The Morgan fingerprint density at radius 2 is 2.06 bits per heavy atom. The van der Waals surface area contributed by atoms with Gasteiger partial charge in [-0.2, -0.15) is 10.2 Å². The van der Waals surface area contributed by atoms with Gasteiger partial charge in [0.2, 0.25) is 0 Å². The van der Waals surface area contributed by atoms with Gasteiger partial charge in [-0.15, -0.1) is 0 Å². The van der Waals surface area contributed by atoms with Crippen LogP contribution in [0.3, 0.4) is 0 Å². The summed E-state index contributed by atoms with van der Waals surface area (Å²) in [6.07, 6.45) is 5.66. The third kappa shape index (κ3) is 5.46. The van der Waals surface area contributed by atoms with Crippen LogP contribution in [0, 0.1) is 5.92 Å². The molecule has 1 saturated heterocycles. The molecule has 2 aliphatic rings. The van der Waals surface area contributed by atoms with E-state index in [0.717, 1.165) is 30.0 Å². The molecule has 2 aromatic heterocycles. The van der Waals surface area contributed by atoms with Crippen molar-refractivity contribution in [3.05, 3.63) is 64.9 Å². The van der Waals surface area contributed by atoms with Gasteiger partial charge in [-0.05, 0) is 49.1 Å². The molecule has 1 aliphatic heterocycles. The van der Waals surface area contributed by atoms with E-state index in [-0.39, 0.29) is 5.91 Å². The molecule has 5 rings (SSSR count). The van der Waals surface area contributed by atoms with Gasteiger partial charge in [0.05, 0.1) is 42.3 Å². The van der Waals surface area contributed by atoms with Crippen molar-refractivity contribution in [2.24, 2.45) is 5.92 Å². The third-order valence-electron chi connectivity index (χ3n) is 5.93. The molecule has 3 heterocycles. The van der Waals surface area contributed by atoms with Crippen LogP contribution in [0.5, 0.6) is 5.75 Å². The highest BCUT2D eigenvalue weighted by atomic mass is 35.5. The monoisotopic (exact) mass is 479 g/mol. The van der Waals surface area contributed by atoms with Gasteiger partial charge in [-0.3, -0.25) is 4.79 Å². The minimum atomic E-state index is -0.233. The van der Waals surface area contributed by atoms with E-state index in [9.17, 15) is 4.79 Å². The minimum absolute atomic E-state index is 0.233. The zero-order valence-electron chi connectivity index (χ0n) is 18.7. The molecule has 0 atom stereocenters. The Labute approximate surface area is 203 Å². The summed E-state index contributed by atoms with van der Waals surface area (Å²) in [7, 11) is 0. The van der Waals surface area contributed by atoms with E-state index in [4.69, 9.17) is 21.1 Å². The van der Waals surface area contributed by atoms with Gasteiger partial charge in [-0.25, -0.2) is 4.98 Å². The second-order valence-corrected chi connectivity index (χ2v) is 8.90. The second kappa shape index (κ2) is 10.4. The topological polar surface area (TPSA) is 89.5 Å². The predicted octanol–water partition coefficient (Wildman–Crippen LogP) is 3.75. The lowest BCUT2D eigenvalue weighted by Crippen LogP contribution is -2.37. The molecular formula is C25H26ClN5O3. The van der Waals surface area contributed by atoms with E-state index in [2.05, 4.69) is 25.4 Å². The number of pyridine rings is 1. The van der Waals surface area contributed by atoms with Crippen LogP contribution in [-0.2, 0) is 11.3 Å². The summed E-state index contributed by atoms with van der Waals surface area (Å²) in [5.74, 6) is 1.95. The second-order valence-electron chi connectivity index (χ2n) is 8.50. The normalized spacial score (nSPS) is 15.7. The number of amides is 1. The summed E-state index contributed by atoms with van der Waals surface area (Å²) in [6, 6.07) is 11.1. The highest BCUT2D eigenvalue weighted by Gasteiger charge is 2.22. The summed E-state index contributed by atoms with van der Waals surface area (Å²) in [4.78, 5) is 19.6. The molecule has 0 radical (unpaired) electrons. The number of aromatic nitrogens is 3. The van der Waals surface area contributed by atoms with E-state index in [1.165, 1.54) is 19.0 Å². The number of benzene rings is 1. The average Bonchev–Trinajstić information content (AvgIpc) is 3.72. The van der Waals surface area contributed by atoms with Crippen molar-refractivity contribution in [3.8, 4) is 17.0 Å². The van der Waals surface area contributed by atoms with E-state index in [1.807, 2.05) is 24.3 Å². The summed E-state index contributed by atoms with van der Waals surface area (Å²) in [5.41, 5.74) is 2.71. The van der Waals surface area contributed by atoms with Gasteiger partial charge >= 0.3 is 0 Å². The number of carbonyl (C=O) groups is 1. The number of halogens is 1. The number of ether oxygens (including phenoxy) is 2. The van der Waals surface area contributed by atoms with E-state index in [0.29, 0.717) is 54.3 Å². The van der Waals surface area contributed by atoms with Crippen LogP contribution in [-0.4, -0.2) is 54.0 Å². The number of nitrogens with one attached hydrogen (secondary N) is 1. The Morgan fingerprint density at radius 1 is 1.21 bits per heavy atom. The van der Waals surface area contributed by atoms with Crippen molar-refractivity contribution in [2.75, 3.05) is 37.8 Å². The first-order valence-corrected chi connectivity index (χ1v) is 11.9. The van der Waals surface area contributed by atoms with Gasteiger partial charge in [0.1, 0.15) is 11.6 Å². The van der Waals surface area contributed by atoms with Crippen molar-refractivity contribution in [2.45, 2.75) is 19.4 Å². The minimum Gasteiger partial charge on any atom is -0.492 e. The average molecular weight is 480 g/mol. The largest absolute Gasteiger partial charge is 0.492 e. The zero-order chi connectivity index (χ0) is 23.3. The fraction of sp³-hybridized carbons (Fsp3) is 0.360. The molecule has 1 saturated carbocycles. The number of anilines is 1. The number of carbonyl (C=O) groups excluding carboxylic acids is 1. The summed E-state index contributed by atoms with van der Waals surface area (Å²) < 4.78 is 11.2. The molecule has 1 N–H and O–H groups in total. The van der Waals surface area contributed by atoms with Crippen LogP contribution in [0.4, 0.5) is 5.82 Å². The van der Waals surface area contributed by atoms with Crippen LogP contribution in [0.1, 0.15) is 28.8 Å². The lowest BCUT2D eigenvalue weighted by Gasteiger charge is -2.29. The molecular weight excluding hydrogens is 454 g/mol. The van der Waals surface area contributed by atoms with E-state index < -0.39 is 0 Å². The Hall–Kier alpha value is -3.23. The SMILES string of the molecule is O=C(NCc1cccnc1N1CCOCC1)c1cnnc(-c2ccc(OCC3CC3)c(Cl)c2)c1. The van der Waals surface area contributed by atoms with Crippen molar-refractivity contribution in [3.63, 3.8) is 0 Å². The highest BCUT2D eigenvalue weighted by molar-refractivity contribution is 6.32. The third-order valence-corrected chi connectivity index (χ3v) is 6.23. The van der Waals surface area contributed by atoms with Crippen molar-refractivity contribution >= 4 is 23.3 Å². The van der Waals surface area contributed by atoms with Crippen LogP contribution < -0.4 is 15.0 Å². The predicted molar refractivity (Wildman–Crippen MR) is 129 cm³/mol. The van der Waals surface area contributed by atoms with E-state index in [1.54, 1.807) is 18.3 Å². The van der Waals surface area contributed by atoms with Gasteiger partial charge in [-0.1, -0.05) is 17.7 Å². The van der Waals surface area contributed by atoms with Gasteiger partial charge < -0.3 is 19.7 Å². The molecule has 9 heteroatoms. The summed E-state index contributed by atoms with van der Waals surface area (Å²) in [6.45, 7) is 3.96. The van der Waals surface area contributed by atoms with Gasteiger partial charge in [0, 0.05) is 37.0 Å². The maximum Gasteiger partial charge on any atom is 0.253 e. The van der Waals surface area contributed by atoms with Gasteiger partial charge in [0.15, 0.2) is 0 Å². The Balaban J connectivity index is 1.26. The molecule has 0 spiro atoms. The molecule has 2 fully saturated rings. The number of rotatable bonds is 8. The fourth-order valence-corrected chi connectivity index (χ4v) is 4.04. The van der Waals surface area contributed by atoms with Crippen LogP contribution in [0.15, 0.2) is 48.8 Å². The molecule has 8 nitrogen and oxygen atoms in total. The highest BCUT2D eigenvalue weighted by Crippen LogP contribution is 2.33. The van der Waals surface area contributed by atoms with Crippen molar-refractivity contribution in [1.82, 2.24) is 20.5 Å². The number of hydrogen-bond donors (Lipinski definition) is 1. The lowest BCUT2D eigenvalue weighted by atomic mass is 10.1. The first-order valence-electron chi connectivity index (χ1n) is 11.5. The molecule has 1 amide bonds. The van der Waals surface area contributed by atoms with Crippen LogP contribution in [0.2, 0.25) is 5.02 Å². The molecule has 3 aromatic rings.